The van der Waals surface area contributed by atoms with Crippen LogP contribution in [0.25, 0.3) is 0 Å². The molecule has 104 valence electrons. The van der Waals surface area contributed by atoms with Crippen LogP contribution < -0.4 is 10.5 Å². The van der Waals surface area contributed by atoms with Gasteiger partial charge in [0, 0.05) is 29.9 Å². The van der Waals surface area contributed by atoms with Gasteiger partial charge in [-0.15, -0.1) is 0 Å². The number of nitrogens with two attached hydrogens (primary N) is 1. The number of ether oxygens (including phenoxy) is 1. The van der Waals surface area contributed by atoms with E-state index in [2.05, 4.69) is 4.98 Å². The second-order valence-corrected chi connectivity index (χ2v) is 4.53. The highest BCUT2D eigenvalue weighted by Gasteiger charge is 2.11. The van der Waals surface area contributed by atoms with E-state index in [4.69, 9.17) is 10.5 Å². The third-order valence-corrected chi connectivity index (χ3v) is 2.87. The second kappa shape index (κ2) is 5.66. The van der Waals surface area contributed by atoms with Gasteiger partial charge in [-0.25, -0.2) is 4.98 Å². The zero-order chi connectivity index (χ0) is 14.7. The summed E-state index contributed by atoms with van der Waals surface area (Å²) in [4.78, 5) is 14.5. The number of aromatic nitrogens is 1. The molecule has 1 aromatic carbocycles. The van der Waals surface area contributed by atoms with Crippen molar-refractivity contribution in [2.75, 3.05) is 0 Å². The molecule has 0 aliphatic carbocycles. The standard InChI is InChI=1S/C14H15N3O3/c1-9-7-12(4-5-13(9)17(18)19)20-14-6-3-11(8-16-14)10(2)15/h3-8,10H,15H2,1-2H3/t10-/m1/s1. The van der Waals surface area contributed by atoms with E-state index in [1.807, 2.05) is 13.0 Å². The van der Waals surface area contributed by atoms with Gasteiger partial charge in [0.15, 0.2) is 0 Å². The maximum absolute atomic E-state index is 10.7. The fourth-order valence-electron chi connectivity index (χ4n) is 1.74. The Morgan fingerprint density at radius 2 is 2.10 bits per heavy atom. The third-order valence-electron chi connectivity index (χ3n) is 2.87. The molecule has 0 saturated heterocycles. The molecule has 0 unspecified atom stereocenters. The number of rotatable bonds is 4. The van der Waals surface area contributed by atoms with Crippen molar-refractivity contribution in [2.24, 2.45) is 5.73 Å². The average molecular weight is 273 g/mol. The van der Waals surface area contributed by atoms with Crippen LogP contribution >= 0.6 is 0 Å². The minimum Gasteiger partial charge on any atom is -0.439 e. The van der Waals surface area contributed by atoms with E-state index in [0.29, 0.717) is 17.2 Å². The molecular weight excluding hydrogens is 258 g/mol. The van der Waals surface area contributed by atoms with Crippen molar-refractivity contribution in [3.63, 3.8) is 0 Å². The highest BCUT2D eigenvalue weighted by molar-refractivity contribution is 5.45. The normalized spacial score (nSPS) is 11.9. The first-order valence-corrected chi connectivity index (χ1v) is 6.12. The Morgan fingerprint density at radius 3 is 2.60 bits per heavy atom. The Bertz CT molecular complexity index is 624. The number of hydrogen-bond donors (Lipinski definition) is 1. The number of nitro benzene ring substituents is 1. The molecular formula is C14H15N3O3. The van der Waals surface area contributed by atoms with E-state index < -0.39 is 4.92 Å². The van der Waals surface area contributed by atoms with Gasteiger partial charge < -0.3 is 10.5 Å². The van der Waals surface area contributed by atoms with E-state index >= 15 is 0 Å². The maximum Gasteiger partial charge on any atom is 0.272 e. The Balaban J connectivity index is 2.17. The van der Waals surface area contributed by atoms with Gasteiger partial charge in [0.05, 0.1) is 4.92 Å². The summed E-state index contributed by atoms with van der Waals surface area (Å²) in [6.45, 7) is 3.54. The van der Waals surface area contributed by atoms with Crippen LogP contribution in [0.1, 0.15) is 24.1 Å². The lowest BCUT2D eigenvalue weighted by Gasteiger charge is -2.08. The van der Waals surface area contributed by atoms with Gasteiger partial charge in [-0.1, -0.05) is 6.07 Å². The van der Waals surface area contributed by atoms with Crippen LogP contribution in [0.4, 0.5) is 5.69 Å². The number of benzene rings is 1. The van der Waals surface area contributed by atoms with Crippen LogP contribution in [0.2, 0.25) is 0 Å². The van der Waals surface area contributed by atoms with Gasteiger partial charge in [0.1, 0.15) is 5.75 Å². The van der Waals surface area contributed by atoms with Crippen LogP contribution in [0.5, 0.6) is 11.6 Å². The van der Waals surface area contributed by atoms with E-state index in [1.165, 1.54) is 6.07 Å². The van der Waals surface area contributed by atoms with Gasteiger partial charge in [-0.3, -0.25) is 10.1 Å². The Labute approximate surface area is 116 Å². The van der Waals surface area contributed by atoms with Crippen LogP contribution in [0, 0.1) is 17.0 Å². The first-order valence-electron chi connectivity index (χ1n) is 6.12. The van der Waals surface area contributed by atoms with Gasteiger partial charge in [-0.05, 0) is 31.5 Å². The first-order chi connectivity index (χ1) is 9.47. The quantitative estimate of drug-likeness (QED) is 0.682. The van der Waals surface area contributed by atoms with Crippen molar-refractivity contribution in [3.05, 3.63) is 57.8 Å². The zero-order valence-electron chi connectivity index (χ0n) is 11.2. The third kappa shape index (κ3) is 3.10. The molecule has 1 atom stereocenters. The summed E-state index contributed by atoms with van der Waals surface area (Å²) >= 11 is 0. The molecule has 2 rings (SSSR count). The van der Waals surface area contributed by atoms with E-state index in [9.17, 15) is 10.1 Å². The summed E-state index contributed by atoms with van der Waals surface area (Å²) < 4.78 is 5.55. The molecule has 0 aliphatic rings. The number of hydrogen-bond acceptors (Lipinski definition) is 5. The lowest BCUT2D eigenvalue weighted by Crippen LogP contribution is -2.05. The topological polar surface area (TPSA) is 91.3 Å². The SMILES string of the molecule is Cc1cc(Oc2ccc([C@@H](C)N)cn2)ccc1[N+](=O)[O-]. The summed E-state index contributed by atoms with van der Waals surface area (Å²) in [5.74, 6) is 0.928. The lowest BCUT2D eigenvalue weighted by atomic mass is 10.2. The smallest absolute Gasteiger partial charge is 0.272 e. The van der Waals surface area contributed by atoms with Crippen molar-refractivity contribution >= 4 is 5.69 Å². The summed E-state index contributed by atoms with van der Waals surface area (Å²) in [6.07, 6.45) is 1.65. The summed E-state index contributed by atoms with van der Waals surface area (Å²) in [5.41, 5.74) is 7.26. The fourth-order valence-corrected chi connectivity index (χ4v) is 1.74. The molecule has 2 N–H and O–H groups in total. The molecule has 0 saturated carbocycles. The number of nitrogens with zero attached hydrogens (tertiary/aromatic N) is 2. The molecule has 0 amide bonds. The molecule has 0 fully saturated rings. The fraction of sp³-hybridized carbons (Fsp3) is 0.214. The lowest BCUT2D eigenvalue weighted by molar-refractivity contribution is -0.385. The van der Waals surface area contributed by atoms with E-state index in [-0.39, 0.29) is 11.7 Å². The molecule has 0 radical (unpaired) electrons. The van der Waals surface area contributed by atoms with Gasteiger partial charge in [0.2, 0.25) is 5.88 Å². The highest BCUT2D eigenvalue weighted by atomic mass is 16.6. The number of pyridine rings is 1. The van der Waals surface area contributed by atoms with Crippen molar-refractivity contribution < 1.29 is 9.66 Å². The van der Waals surface area contributed by atoms with Gasteiger partial charge in [0.25, 0.3) is 5.69 Å². The Kier molecular flexibility index (Phi) is 3.95. The number of nitro groups is 1. The van der Waals surface area contributed by atoms with E-state index in [0.717, 1.165) is 5.56 Å². The first kappa shape index (κ1) is 14.0. The minimum atomic E-state index is -0.422. The van der Waals surface area contributed by atoms with Crippen LogP contribution in [0.15, 0.2) is 36.5 Å². The summed E-state index contributed by atoms with van der Waals surface area (Å²) in [6, 6.07) is 8.05. The molecule has 0 spiro atoms. The van der Waals surface area contributed by atoms with Crippen LogP contribution in [-0.4, -0.2) is 9.91 Å². The van der Waals surface area contributed by atoms with Gasteiger partial charge >= 0.3 is 0 Å². The summed E-state index contributed by atoms with van der Waals surface area (Å²) in [7, 11) is 0. The molecule has 2 aromatic rings. The van der Waals surface area contributed by atoms with Crippen molar-refractivity contribution in [3.8, 4) is 11.6 Å². The second-order valence-electron chi connectivity index (χ2n) is 4.53. The number of aryl methyl sites for hydroxylation is 1. The molecule has 1 aromatic heterocycles. The van der Waals surface area contributed by atoms with Crippen molar-refractivity contribution in [2.45, 2.75) is 19.9 Å². The predicted molar refractivity (Wildman–Crippen MR) is 74.7 cm³/mol. The van der Waals surface area contributed by atoms with Crippen LogP contribution in [0.3, 0.4) is 0 Å². The van der Waals surface area contributed by atoms with Crippen LogP contribution in [-0.2, 0) is 0 Å². The Morgan fingerprint density at radius 1 is 1.35 bits per heavy atom. The van der Waals surface area contributed by atoms with Crippen molar-refractivity contribution in [1.82, 2.24) is 4.98 Å². The maximum atomic E-state index is 10.7. The highest BCUT2D eigenvalue weighted by Crippen LogP contribution is 2.26. The monoisotopic (exact) mass is 273 g/mol. The molecule has 6 heteroatoms. The predicted octanol–water partition coefficient (Wildman–Crippen LogP) is 3.11. The average Bonchev–Trinajstić information content (AvgIpc) is 2.39. The summed E-state index contributed by atoms with van der Waals surface area (Å²) in [5, 5.41) is 10.7. The molecule has 6 nitrogen and oxygen atoms in total. The minimum absolute atomic E-state index is 0.0672. The largest absolute Gasteiger partial charge is 0.439 e. The zero-order valence-corrected chi connectivity index (χ0v) is 11.2. The molecule has 0 bridgehead atoms. The van der Waals surface area contributed by atoms with E-state index in [1.54, 1.807) is 31.3 Å². The Hall–Kier alpha value is -2.47. The molecule has 0 aliphatic heterocycles. The molecule has 1 heterocycles. The van der Waals surface area contributed by atoms with Crippen molar-refractivity contribution in [1.29, 1.82) is 0 Å². The molecule has 20 heavy (non-hydrogen) atoms. The van der Waals surface area contributed by atoms with Gasteiger partial charge in [-0.2, -0.15) is 0 Å².